The number of amides is 4. The van der Waals surface area contributed by atoms with Crippen LogP contribution in [0.2, 0.25) is 0 Å². The number of rotatable bonds is 7. The number of carbonyl (C=O) groups excluding carboxylic acids is 4. The smallest absolute Gasteiger partial charge is 0.262 e. The number of carbonyl (C=O) groups is 4. The molecule has 6 aliphatic rings. The van der Waals surface area contributed by atoms with Crippen molar-refractivity contribution in [3.63, 3.8) is 0 Å². The van der Waals surface area contributed by atoms with Crippen LogP contribution in [0.5, 0.6) is 5.75 Å². The molecule has 10 nitrogen and oxygen atoms in total. The number of imide groups is 2. The summed E-state index contributed by atoms with van der Waals surface area (Å²) >= 11 is 0. The molecular formula is C46H51N5O5. The van der Waals surface area contributed by atoms with Gasteiger partial charge in [-0.3, -0.25) is 34.3 Å². The number of likely N-dealkylation sites (tertiary alicyclic amines) is 1. The van der Waals surface area contributed by atoms with E-state index >= 15 is 0 Å². The molecule has 0 saturated carbocycles. The van der Waals surface area contributed by atoms with Gasteiger partial charge in [-0.05, 0) is 109 Å². The highest BCUT2D eigenvalue weighted by Gasteiger charge is 2.45. The normalized spacial score (nSPS) is 27.3. The number of piperidine rings is 2. The molecule has 10 heteroatoms. The lowest BCUT2D eigenvalue weighted by Gasteiger charge is -2.46. The molecule has 3 saturated heterocycles. The number of nitrogens with zero attached hydrogens (tertiary/aromatic N) is 4. The first kappa shape index (κ1) is 36.4. The maximum absolute atomic E-state index is 13.4. The number of benzene rings is 3. The lowest BCUT2D eigenvalue weighted by atomic mass is 9.59. The van der Waals surface area contributed by atoms with Gasteiger partial charge in [0, 0.05) is 69.5 Å². The molecule has 0 spiro atoms. The maximum Gasteiger partial charge on any atom is 0.262 e. The number of hydrogen-bond acceptors (Lipinski definition) is 8. The van der Waals surface area contributed by atoms with Crippen LogP contribution in [-0.2, 0) is 16.0 Å². The zero-order valence-corrected chi connectivity index (χ0v) is 32.2. The number of phenolic OH excluding ortho intramolecular Hbond substituents is 1. The van der Waals surface area contributed by atoms with Gasteiger partial charge >= 0.3 is 0 Å². The van der Waals surface area contributed by atoms with Gasteiger partial charge in [0.05, 0.1) is 11.1 Å². The lowest BCUT2D eigenvalue weighted by molar-refractivity contribution is -0.136. The summed E-state index contributed by atoms with van der Waals surface area (Å²) in [4.78, 5) is 59.1. The fourth-order valence-electron chi connectivity index (χ4n) is 10.5. The second-order valence-corrected chi connectivity index (χ2v) is 17.0. The predicted octanol–water partition coefficient (Wildman–Crippen LogP) is 5.99. The van der Waals surface area contributed by atoms with Crippen LogP contribution in [0.1, 0.15) is 94.7 Å². The van der Waals surface area contributed by atoms with E-state index in [4.69, 9.17) is 0 Å². The van der Waals surface area contributed by atoms with E-state index in [-0.39, 0.29) is 24.2 Å². The van der Waals surface area contributed by atoms with Crippen LogP contribution >= 0.6 is 0 Å². The second-order valence-electron chi connectivity index (χ2n) is 17.0. The summed E-state index contributed by atoms with van der Waals surface area (Å²) in [5, 5.41) is 12.6. The summed E-state index contributed by atoms with van der Waals surface area (Å²) in [6.07, 6.45) is 13.0. The monoisotopic (exact) mass is 753 g/mol. The van der Waals surface area contributed by atoms with Gasteiger partial charge in [-0.1, -0.05) is 55.5 Å². The van der Waals surface area contributed by atoms with Gasteiger partial charge in [-0.15, -0.1) is 0 Å². The van der Waals surface area contributed by atoms with Gasteiger partial charge in [0.2, 0.25) is 11.8 Å². The van der Waals surface area contributed by atoms with E-state index in [1.165, 1.54) is 35.2 Å². The standard InChI is InChI=1S/C46H51N5O5/c1-46(42-36(31-5-3-2-4-6-31)10-7-32-27-35(52)9-12-37(32)42)19-15-33(16-20-46)49-21-17-30(18-22-49)29-48-23-25-50(26-24-48)34-8-11-38-39(28-34)45(56)51(44(38)55)40-13-14-41(53)47-43(40)54/h2-6,8-9,11-12,15-16,19,27-28,30,36,40,42,52H,7,10,13-14,17-18,20-26,29H2,1H3,(H,47,53,54)/t36-,40?,42+,46?/m1/s1. The molecule has 56 heavy (non-hydrogen) atoms. The zero-order valence-electron chi connectivity index (χ0n) is 32.2. The number of aromatic hydroxyl groups is 1. The highest BCUT2D eigenvalue weighted by Crippen LogP contribution is 2.55. The molecule has 0 aromatic heterocycles. The van der Waals surface area contributed by atoms with E-state index in [2.05, 4.69) is 81.6 Å². The Morgan fingerprint density at radius 1 is 0.786 bits per heavy atom. The van der Waals surface area contributed by atoms with Crippen LogP contribution in [0.25, 0.3) is 0 Å². The molecule has 3 aromatic carbocycles. The minimum absolute atomic E-state index is 0.0283. The molecule has 2 unspecified atom stereocenters. The lowest BCUT2D eigenvalue weighted by Crippen LogP contribution is -2.54. The molecule has 4 aliphatic heterocycles. The number of hydrogen-bond donors (Lipinski definition) is 2. The number of anilines is 1. The summed E-state index contributed by atoms with van der Waals surface area (Å²) in [5.74, 6) is -0.138. The van der Waals surface area contributed by atoms with Crippen molar-refractivity contribution in [2.45, 2.75) is 69.7 Å². The van der Waals surface area contributed by atoms with Crippen molar-refractivity contribution < 1.29 is 24.3 Å². The first-order chi connectivity index (χ1) is 27.1. The molecule has 3 fully saturated rings. The summed E-state index contributed by atoms with van der Waals surface area (Å²) < 4.78 is 0. The molecular weight excluding hydrogens is 703 g/mol. The van der Waals surface area contributed by atoms with Crippen LogP contribution in [0.4, 0.5) is 5.69 Å². The summed E-state index contributed by atoms with van der Waals surface area (Å²) in [7, 11) is 0. The van der Waals surface area contributed by atoms with Crippen LogP contribution in [0.15, 0.2) is 90.7 Å². The highest BCUT2D eigenvalue weighted by atomic mass is 16.3. The third-order valence-corrected chi connectivity index (χ3v) is 13.6. The minimum Gasteiger partial charge on any atom is -0.508 e. The number of fused-ring (bicyclic) bond motifs is 2. The maximum atomic E-state index is 13.4. The average Bonchev–Trinajstić information content (AvgIpc) is 3.46. The second kappa shape index (κ2) is 14.7. The van der Waals surface area contributed by atoms with E-state index < -0.39 is 23.8 Å². The van der Waals surface area contributed by atoms with Crippen molar-refractivity contribution >= 4 is 29.3 Å². The summed E-state index contributed by atoms with van der Waals surface area (Å²) in [6, 6.07) is 21.5. The molecule has 4 amide bonds. The predicted molar refractivity (Wildman–Crippen MR) is 214 cm³/mol. The van der Waals surface area contributed by atoms with Crippen LogP contribution < -0.4 is 10.2 Å². The van der Waals surface area contributed by atoms with Gasteiger partial charge in [0.1, 0.15) is 11.8 Å². The van der Waals surface area contributed by atoms with E-state index in [0.717, 1.165) is 75.7 Å². The van der Waals surface area contributed by atoms with Gasteiger partial charge in [0.25, 0.3) is 11.8 Å². The molecule has 2 aliphatic carbocycles. The van der Waals surface area contributed by atoms with Crippen molar-refractivity contribution in [2.75, 3.05) is 50.7 Å². The third-order valence-electron chi connectivity index (χ3n) is 13.6. The van der Waals surface area contributed by atoms with E-state index in [1.807, 2.05) is 18.2 Å². The average molecular weight is 754 g/mol. The van der Waals surface area contributed by atoms with Crippen molar-refractivity contribution in [3.8, 4) is 5.75 Å². The van der Waals surface area contributed by atoms with Crippen LogP contribution in [0.3, 0.4) is 0 Å². The Morgan fingerprint density at radius 3 is 2.29 bits per heavy atom. The van der Waals surface area contributed by atoms with Gasteiger partial charge < -0.3 is 14.9 Å². The summed E-state index contributed by atoms with van der Waals surface area (Å²) in [5.41, 5.74) is 6.95. The minimum atomic E-state index is -0.957. The Morgan fingerprint density at radius 2 is 1.55 bits per heavy atom. The number of aryl methyl sites for hydroxylation is 1. The molecule has 9 rings (SSSR count). The van der Waals surface area contributed by atoms with Crippen molar-refractivity contribution in [1.29, 1.82) is 0 Å². The van der Waals surface area contributed by atoms with E-state index in [1.54, 1.807) is 12.1 Å². The van der Waals surface area contributed by atoms with E-state index in [0.29, 0.717) is 34.6 Å². The van der Waals surface area contributed by atoms with Gasteiger partial charge in [0.15, 0.2) is 0 Å². The Labute approximate surface area is 328 Å². The Kier molecular flexibility index (Phi) is 9.56. The largest absolute Gasteiger partial charge is 0.508 e. The Hall–Kier alpha value is -5.22. The van der Waals surface area contributed by atoms with Crippen molar-refractivity contribution in [1.82, 2.24) is 20.0 Å². The van der Waals surface area contributed by atoms with Crippen molar-refractivity contribution in [2.24, 2.45) is 11.3 Å². The fourth-order valence-corrected chi connectivity index (χ4v) is 10.5. The molecule has 4 atom stereocenters. The highest BCUT2D eigenvalue weighted by molar-refractivity contribution is 6.23. The van der Waals surface area contributed by atoms with Crippen LogP contribution in [0, 0.1) is 11.3 Å². The zero-order chi connectivity index (χ0) is 38.6. The number of allylic oxidation sites excluding steroid dienone is 3. The number of nitrogens with one attached hydrogen (secondary N) is 1. The number of phenols is 1. The quantitative estimate of drug-likeness (QED) is 0.283. The van der Waals surface area contributed by atoms with E-state index in [9.17, 15) is 24.3 Å². The molecule has 4 heterocycles. The Balaban J connectivity index is 0.781. The molecule has 0 radical (unpaired) electrons. The first-order valence-electron chi connectivity index (χ1n) is 20.5. The fraction of sp³-hybridized carbons (Fsp3) is 0.435. The third kappa shape index (κ3) is 6.71. The molecule has 3 aromatic rings. The summed E-state index contributed by atoms with van der Waals surface area (Å²) in [6.45, 7) is 9.19. The molecule has 2 N–H and O–H groups in total. The topological polar surface area (TPSA) is 114 Å². The molecule has 290 valence electrons. The van der Waals surface area contributed by atoms with Gasteiger partial charge in [-0.2, -0.15) is 0 Å². The Bertz CT molecular complexity index is 2110. The van der Waals surface area contributed by atoms with Crippen LogP contribution in [-0.4, -0.2) is 95.3 Å². The number of piperazine rings is 1. The molecule has 0 bridgehead atoms. The first-order valence-corrected chi connectivity index (χ1v) is 20.5. The SMILES string of the molecule is CC1([C@@H]2c3ccc(O)cc3CC[C@@H]2c2ccccc2)C=CC(N2CCC(CN3CCN(c4ccc5c(c4)C(=O)N(C4CCC(=O)NC4=O)C5=O)CC3)CC2)=CC1. The van der Waals surface area contributed by atoms with Crippen molar-refractivity contribution in [3.05, 3.63) is 118 Å². The van der Waals surface area contributed by atoms with Gasteiger partial charge in [-0.25, -0.2) is 0 Å².